The van der Waals surface area contributed by atoms with Crippen molar-refractivity contribution in [3.8, 4) is 11.4 Å². The van der Waals surface area contributed by atoms with Crippen molar-refractivity contribution < 1.29 is 9.13 Å². The van der Waals surface area contributed by atoms with Crippen LogP contribution in [0.5, 0.6) is 0 Å². The lowest BCUT2D eigenvalue weighted by atomic mass is 10.1. The molecule has 0 radical (unpaired) electrons. The second-order valence-electron chi connectivity index (χ2n) is 8.24. The van der Waals surface area contributed by atoms with Crippen molar-refractivity contribution in [1.29, 1.82) is 0 Å². The molecule has 0 saturated heterocycles. The third-order valence-electron chi connectivity index (χ3n) is 5.42. The summed E-state index contributed by atoms with van der Waals surface area (Å²) < 4.78 is 19.4. The largest absolute Gasteiger partial charge is 0.374 e. The van der Waals surface area contributed by atoms with Crippen molar-refractivity contribution in [2.24, 2.45) is 0 Å². The van der Waals surface area contributed by atoms with Gasteiger partial charge < -0.3 is 4.74 Å². The van der Waals surface area contributed by atoms with E-state index in [-0.39, 0.29) is 6.61 Å². The molecule has 2 aromatic rings. The van der Waals surface area contributed by atoms with E-state index in [1.54, 1.807) is 0 Å². The lowest BCUT2D eigenvalue weighted by molar-refractivity contribution is 0.0654. The van der Waals surface area contributed by atoms with Crippen LogP contribution in [0.2, 0.25) is 0 Å². The lowest BCUT2D eigenvalue weighted by Gasteiger charge is -2.09. The predicted molar refractivity (Wildman–Crippen MR) is 123 cm³/mol. The van der Waals surface area contributed by atoms with Gasteiger partial charge in [-0.1, -0.05) is 89.5 Å². The molecule has 0 aliphatic carbocycles. The lowest BCUT2D eigenvalue weighted by Crippen LogP contribution is -2.10. The average molecular weight is 415 g/mol. The third kappa shape index (κ3) is 9.80. The molecule has 4 heteroatoms. The molecule has 0 fully saturated rings. The van der Waals surface area contributed by atoms with Gasteiger partial charge >= 0.3 is 0 Å². The van der Waals surface area contributed by atoms with Crippen LogP contribution in [0.4, 0.5) is 4.39 Å². The number of aromatic nitrogens is 2. The summed E-state index contributed by atoms with van der Waals surface area (Å²) in [4.78, 5) is 9.06. The van der Waals surface area contributed by atoms with Crippen molar-refractivity contribution >= 4 is 0 Å². The minimum atomic E-state index is -0.861. The van der Waals surface area contributed by atoms with E-state index in [1.165, 1.54) is 50.5 Å². The number of nitrogens with zero attached hydrogens (tertiary/aromatic N) is 2. The molecule has 1 aromatic carbocycles. The Kier molecular flexibility index (Phi) is 12.3. The standard InChI is InChI=1S/C26H39FN2O/c1-3-5-7-9-10-12-23-18-28-26(29-19-23)24-16-14-22(15-17-24)20-30-21-25(27)13-11-8-6-4-2/h14-19,25H,3-13,20-21H2,1-2H3. The number of hydrogen-bond acceptors (Lipinski definition) is 3. The topological polar surface area (TPSA) is 35.0 Å². The summed E-state index contributed by atoms with van der Waals surface area (Å²) in [6, 6.07) is 8.04. The van der Waals surface area contributed by atoms with Crippen molar-refractivity contribution in [2.75, 3.05) is 6.61 Å². The molecular formula is C26H39FN2O. The summed E-state index contributed by atoms with van der Waals surface area (Å²) in [5, 5.41) is 0. The Morgan fingerprint density at radius 3 is 2.10 bits per heavy atom. The van der Waals surface area contributed by atoms with Crippen molar-refractivity contribution in [2.45, 2.75) is 97.3 Å². The number of halogens is 1. The van der Waals surface area contributed by atoms with Crippen LogP contribution in [0, 0.1) is 0 Å². The number of aryl methyl sites for hydroxylation is 1. The zero-order valence-corrected chi connectivity index (χ0v) is 18.9. The van der Waals surface area contributed by atoms with Crippen molar-refractivity contribution in [3.05, 3.63) is 47.8 Å². The maximum absolute atomic E-state index is 13.8. The Hall–Kier alpha value is -1.81. The minimum Gasteiger partial charge on any atom is -0.374 e. The Labute approximate surface area is 182 Å². The first kappa shape index (κ1) is 24.5. The van der Waals surface area contributed by atoms with Gasteiger partial charge in [-0.25, -0.2) is 14.4 Å². The van der Waals surface area contributed by atoms with Gasteiger partial charge in [0, 0.05) is 18.0 Å². The molecule has 1 heterocycles. The van der Waals surface area contributed by atoms with E-state index in [1.807, 2.05) is 36.7 Å². The first-order chi connectivity index (χ1) is 14.7. The van der Waals surface area contributed by atoms with E-state index in [9.17, 15) is 4.39 Å². The fourth-order valence-electron chi connectivity index (χ4n) is 3.50. The molecule has 0 bridgehead atoms. The maximum atomic E-state index is 13.8. The molecule has 0 aliphatic rings. The number of rotatable bonds is 16. The fourth-order valence-corrected chi connectivity index (χ4v) is 3.50. The van der Waals surface area contributed by atoms with Crippen LogP contribution in [0.25, 0.3) is 11.4 Å². The Morgan fingerprint density at radius 2 is 1.43 bits per heavy atom. The number of alkyl halides is 1. The van der Waals surface area contributed by atoms with Crippen LogP contribution in [0.1, 0.15) is 89.2 Å². The first-order valence-corrected chi connectivity index (χ1v) is 11.8. The first-order valence-electron chi connectivity index (χ1n) is 11.8. The Morgan fingerprint density at radius 1 is 0.800 bits per heavy atom. The second kappa shape index (κ2) is 15.1. The van der Waals surface area contributed by atoms with Gasteiger partial charge in [0.15, 0.2) is 5.82 Å². The van der Waals surface area contributed by atoms with E-state index in [2.05, 4.69) is 23.8 Å². The van der Waals surface area contributed by atoms with Crippen LogP contribution >= 0.6 is 0 Å². The molecule has 1 atom stereocenters. The van der Waals surface area contributed by atoms with Crippen LogP contribution < -0.4 is 0 Å². The smallest absolute Gasteiger partial charge is 0.159 e. The summed E-state index contributed by atoms with van der Waals surface area (Å²) in [7, 11) is 0. The molecule has 0 N–H and O–H groups in total. The summed E-state index contributed by atoms with van der Waals surface area (Å²) in [5.74, 6) is 0.744. The number of unbranched alkanes of at least 4 members (excludes halogenated alkanes) is 7. The van der Waals surface area contributed by atoms with E-state index >= 15 is 0 Å². The minimum absolute atomic E-state index is 0.177. The summed E-state index contributed by atoms with van der Waals surface area (Å²) in [6.45, 7) is 5.02. The van der Waals surface area contributed by atoms with Gasteiger partial charge in [0.2, 0.25) is 0 Å². The SMILES string of the molecule is CCCCCCCc1cnc(-c2ccc(COCC(F)CCCCCC)cc2)nc1. The molecule has 0 spiro atoms. The highest BCUT2D eigenvalue weighted by atomic mass is 19.1. The average Bonchev–Trinajstić information content (AvgIpc) is 2.78. The van der Waals surface area contributed by atoms with E-state index in [0.29, 0.717) is 13.0 Å². The molecule has 0 amide bonds. The van der Waals surface area contributed by atoms with E-state index < -0.39 is 6.17 Å². The van der Waals surface area contributed by atoms with Gasteiger partial charge in [-0.15, -0.1) is 0 Å². The third-order valence-corrected chi connectivity index (χ3v) is 5.42. The Bertz CT molecular complexity index is 672. The number of benzene rings is 1. The van der Waals surface area contributed by atoms with Gasteiger partial charge in [-0.05, 0) is 30.4 Å². The molecule has 0 aliphatic heterocycles. The summed E-state index contributed by atoms with van der Waals surface area (Å²) in [5.41, 5.74) is 3.24. The van der Waals surface area contributed by atoms with Crippen LogP contribution in [-0.2, 0) is 17.8 Å². The van der Waals surface area contributed by atoms with Gasteiger partial charge in [-0.3, -0.25) is 0 Å². The zero-order valence-electron chi connectivity index (χ0n) is 18.9. The molecule has 3 nitrogen and oxygen atoms in total. The van der Waals surface area contributed by atoms with Crippen LogP contribution in [-0.4, -0.2) is 22.7 Å². The van der Waals surface area contributed by atoms with Crippen molar-refractivity contribution in [1.82, 2.24) is 9.97 Å². The van der Waals surface area contributed by atoms with Crippen LogP contribution in [0.3, 0.4) is 0 Å². The quantitative estimate of drug-likeness (QED) is 0.267. The molecule has 0 saturated carbocycles. The van der Waals surface area contributed by atoms with Gasteiger partial charge in [0.1, 0.15) is 6.17 Å². The number of ether oxygens (including phenoxy) is 1. The molecule has 2 rings (SSSR count). The second-order valence-corrected chi connectivity index (χ2v) is 8.24. The van der Waals surface area contributed by atoms with Gasteiger partial charge in [0.25, 0.3) is 0 Å². The summed E-state index contributed by atoms with van der Waals surface area (Å²) >= 11 is 0. The number of hydrogen-bond donors (Lipinski definition) is 0. The molecular weight excluding hydrogens is 375 g/mol. The summed E-state index contributed by atoms with van der Waals surface area (Å²) in [6.07, 6.45) is 15.5. The molecule has 166 valence electrons. The normalized spacial score (nSPS) is 12.2. The van der Waals surface area contributed by atoms with Gasteiger partial charge in [0.05, 0.1) is 13.2 Å². The molecule has 1 unspecified atom stereocenters. The monoisotopic (exact) mass is 414 g/mol. The fraction of sp³-hybridized carbons (Fsp3) is 0.615. The highest BCUT2D eigenvalue weighted by Gasteiger charge is 2.07. The predicted octanol–water partition coefficient (Wildman–Crippen LogP) is 7.48. The zero-order chi connectivity index (χ0) is 21.4. The van der Waals surface area contributed by atoms with Crippen molar-refractivity contribution in [3.63, 3.8) is 0 Å². The molecule has 1 aromatic heterocycles. The van der Waals surface area contributed by atoms with Crippen LogP contribution in [0.15, 0.2) is 36.7 Å². The maximum Gasteiger partial charge on any atom is 0.159 e. The van der Waals surface area contributed by atoms with Gasteiger partial charge in [-0.2, -0.15) is 0 Å². The van der Waals surface area contributed by atoms with E-state index in [0.717, 1.165) is 36.2 Å². The highest BCUT2D eigenvalue weighted by molar-refractivity contribution is 5.55. The Balaban J connectivity index is 1.70. The highest BCUT2D eigenvalue weighted by Crippen LogP contribution is 2.17. The van der Waals surface area contributed by atoms with E-state index in [4.69, 9.17) is 4.74 Å². The molecule has 30 heavy (non-hydrogen) atoms.